The third-order valence-corrected chi connectivity index (χ3v) is 5.20. The van der Waals surface area contributed by atoms with E-state index in [0.717, 1.165) is 16.3 Å². The second-order valence-corrected chi connectivity index (χ2v) is 7.71. The number of aromatic nitrogens is 3. The van der Waals surface area contributed by atoms with Crippen molar-refractivity contribution < 1.29 is 28.2 Å². The summed E-state index contributed by atoms with van der Waals surface area (Å²) in [4.78, 5) is 22.6. The molecule has 0 fully saturated rings. The molecule has 2 amide bonds. The van der Waals surface area contributed by atoms with E-state index in [2.05, 4.69) is 14.7 Å². The molecule has 3 heterocycles. The van der Waals surface area contributed by atoms with Crippen LogP contribution in [0.5, 0.6) is 17.5 Å². The van der Waals surface area contributed by atoms with E-state index < -0.39 is 12.6 Å². The number of rotatable bonds is 9. The van der Waals surface area contributed by atoms with Crippen molar-refractivity contribution in [1.29, 1.82) is 0 Å². The Bertz CT molecular complexity index is 1190. The number of hydrogen-bond donors (Lipinski definition) is 1. The van der Waals surface area contributed by atoms with Gasteiger partial charge in [-0.05, 0) is 37.1 Å². The lowest BCUT2D eigenvalue weighted by Gasteiger charge is -2.46. The first-order valence-corrected chi connectivity index (χ1v) is 10.7. The number of aliphatic hydroxyl groups is 1. The third kappa shape index (κ3) is 5.10. The second-order valence-electron chi connectivity index (χ2n) is 7.71. The van der Waals surface area contributed by atoms with Gasteiger partial charge in [-0.15, -0.1) is 0 Å². The molecule has 4 rings (SSSR count). The maximum Gasteiger partial charge on any atom is 0.387 e. The highest BCUT2D eigenvalue weighted by Gasteiger charge is 2.35. The number of pyridine rings is 1. The molecule has 0 radical (unpaired) electrons. The summed E-state index contributed by atoms with van der Waals surface area (Å²) in [5, 5.41) is 23.8. The number of nitrogens with zero attached hydrogens (tertiary/aromatic N) is 6. The summed E-state index contributed by atoms with van der Waals surface area (Å²) in [6.07, 6.45) is 1.84. The lowest BCUT2D eigenvalue weighted by molar-refractivity contribution is -0.0499. The zero-order valence-electron chi connectivity index (χ0n) is 19.0. The summed E-state index contributed by atoms with van der Waals surface area (Å²) in [6, 6.07) is 8.55. The predicted octanol–water partition coefficient (Wildman–Crippen LogP) is 3.50. The van der Waals surface area contributed by atoms with Gasteiger partial charge >= 0.3 is 18.7 Å². The molecule has 0 aliphatic carbocycles. The summed E-state index contributed by atoms with van der Waals surface area (Å²) in [5.41, 5.74) is 1.53. The minimum atomic E-state index is -3.01. The molecular weight excluding hydrogens is 466 g/mol. The lowest BCUT2D eigenvalue weighted by atomic mass is 10.2. The van der Waals surface area contributed by atoms with Crippen LogP contribution in [0.4, 0.5) is 25.2 Å². The van der Waals surface area contributed by atoms with Crippen molar-refractivity contribution in [3.8, 4) is 17.5 Å². The first-order valence-electron chi connectivity index (χ1n) is 10.7. The fraction of sp³-hybridized carbons (Fsp3) is 0.318. The Kier molecular flexibility index (Phi) is 6.98. The van der Waals surface area contributed by atoms with Crippen LogP contribution in [0.25, 0.3) is 0 Å². The van der Waals surface area contributed by atoms with Crippen molar-refractivity contribution >= 4 is 17.7 Å². The zero-order chi connectivity index (χ0) is 25.1. The van der Waals surface area contributed by atoms with Gasteiger partial charge in [0, 0.05) is 38.2 Å². The van der Waals surface area contributed by atoms with E-state index in [1.165, 1.54) is 40.8 Å². The van der Waals surface area contributed by atoms with Gasteiger partial charge < -0.3 is 25.0 Å². The Labute approximate surface area is 199 Å². The molecule has 1 N–H and O–H groups in total. The normalized spacial score (nSPS) is 13.5. The van der Waals surface area contributed by atoms with Crippen LogP contribution in [0, 0.1) is 12.1 Å². The van der Waals surface area contributed by atoms with Gasteiger partial charge in [0.05, 0.1) is 6.54 Å². The molecule has 1 aromatic carbocycles. The fourth-order valence-corrected chi connectivity index (χ4v) is 3.50. The number of hydrazine groups is 1. The summed E-state index contributed by atoms with van der Waals surface area (Å²) in [5.74, 6) is 0.106. The number of fused-ring (bicyclic) bond motifs is 1. The number of ether oxygens (including phenoxy) is 2. The number of benzene rings is 1. The lowest BCUT2D eigenvalue weighted by Crippen LogP contribution is -2.54. The molecule has 11 nitrogen and oxygen atoms in total. The van der Waals surface area contributed by atoms with Gasteiger partial charge in [0.1, 0.15) is 11.5 Å². The average Bonchev–Trinajstić information content (AvgIpc) is 3.17. The monoisotopic (exact) mass is 489 g/mol. The molecule has 0 saturated carbocycles. The van der Waals surface area contributed by atoms with Crippen LogP contribution >= 0.6 is 0 Å². The maximum atomic E-state index is 13.3. The van der Waals surface area contributed by atoms with Crippen molar-refractivity contribution in [3.63, 3.8) is 0 Å². The van der Waals surface area contributed by atoms with E-state index in [1.54, 1.807) is 6.20 Å². The van der Waals surface area contributed by atoms with Crippen LogP contribution in [0.3, 0.4) is 0 Å². The number of imidazole rings is 1. The van der Waals surface area contributed by atoms with Gasteiger partial charge in [0.15, 0.2) is 11.6 Å². The Balaban J connectivity index is 1.76. The number of aliphatic hydroxyl groups excluding tert-OH is 1. The van der Waals surface area contributed by atoms with Gasteiger partial charge in [0.2, 0.25) is 0 Å². The van der Waals surface area contributed by atoms with Gasteiger partial charge in [0.25, 0.3) is 0 Å². The van der Waals surface area contributed by atoms with Gasteiger partial charge in [-0.3, -0.25) is 14.5 Å². The van der Waals surface area contributed by atoms with Crippen molar-refractivity contribution in [2.24, 2.45) is 0 Å². The standard InChI is InChI=1S/C22H23F2N6O5/c1-14-7-8-15(12-25-14)13-28-19-18(27(2)22(32)29(30(19)33)9-4-10-31)26-21(28)35-17-6-3-5-16(11-17)34-20(23)24/h3,5-8,11-12,20,31H,4,9-10,13H2,1-2H3/q-1. The summed E-state index contributed by atoms with van der Waals surface area (Å²) in [6.45, 7) is -1.26. The first-order chi connectivity index (χ1) is 16.8. The fourth-order valence-electron chi connectivity index (χ4n) is 3.50. The van der Waals surface area contributed by atoms with Crippen LogP contribution in [-0.2, 0) is 6.54 Å². The highest BCUT2D eigenvalue weighted by molar-refractivity contribution is 5.98. The number of hydrogen-bond acceptors (Lipinski definition) is 8. The van der Waals surface area contributed by atoms with E-state index in [1.807, 2.05) is 19.1 Å². The largest absolute Gasteiger partial charge is 0.737 e. The van der Waals surface area contributed by atoms with E-state index in [-0.39, 0.29) is 55.3 Å². The highest BCUT2D eigenvalue weighted by Crippen LogP contribution is 2.40. The molecule has 3 aromatic rings. The molecule has 0 spiro atoms. The Hall–Kier alpha value is -3.97. The SMILES string of the molecule is Cc1ccc(Cn2c(Oc3cccc(OC(F)F)c3)nc3c2N([O-])N(CCCO)C(=O)N3C)cn1. The van der Waals surface area contributed by atoms with E-state index in [9.17, 15) is 23.9 Å². The Morgan fingerprint density at radius 2 is 1.97 bits per heavy atom. The molecule has 13 heteroatoms. The van der Waals surface area contributed by atoms with Crippen LogP contribution in [0.1, 0.15) is 17.7 Å². The molecule has 0 saturated heterocycles. The van der Waals surface area contributed by atoms with Crippen molar-refractivity contribution in [1.82, 2.24) is 19.5 Å². The molecule has 35 heavy (non-hydrogen) atoms. The van der Waals surface area contributed by atoms with Gasteiger partial charge in [-0.2, -0.15) is 13.8 Å². The van der Waals surface area contributed by atoms with Gasteiger partial charge in [-0.1, -0.05) is 12.1 Å². The third-order valence-electron chi connectivity index (χ3n) is 5.20. The quantitative estimate of drug-likeness (QED) is 0.485. The first kappa shape index (κ1) is 24.2. The van der Waals surface area contributed by atoms with Crippen LogP contribution in [0.2, 0.25) is 0 Å². The molecule has 0 unspecified atom stereocenters. The smallest absolute Gasteiger partial charge is 0.387 e. The second kappa shape index (κ2) is 10.1. The number of aryl methyl sites for hydroxylation is 1. The summed E-state index contributed by atoms with van der Waals surface area (Å²) in [7, 11) is 1.46. The van der Waals surface area contributed by atoms with Crippen molar-refractivity contribution in [3.05, 3.63) is 59.1 Å². The van der Waals surface area contributed by atoms with Crippen LogP contribution in [-0.4, -0.2) is 57.5 Å². The van der Waals surface area contributed by atoms with E-state index in [4.69, 9.17) is 4.74 Å². The Morgan fingerprint density at radius 3 is 2.66 bits per heavy atom. The van der Waals surface area contributed by atoms with Crippen molar-refractivity contribution in [2.75, 3.05) is 30.3 Å². The topological polar surface area (TPSA) is 119 Å². The number of amides is 2. The highest BCUT2D eigenvalue weighted by atomic mass is 19.3. The average molecular weight is 489 g/mol. The molecule has 2 aromatic heterocycles. The van der Waals surface area contributed by atoms with Gasteiger partial charge in [-0.25, -0.2) is 9.80 Å². The molecule has 186 valence electrons. The number of anilines is 2. The molecular formula is C22H23F2N6O5-. The number of halogens is 2. The zero-order valence-corrected chi connectivity index (χ0v) is 19.0. The van der Waals surface area contributed by atoms with Crippen LogP contribution < -0.4 is 19.5 Å². The van der Waals surface area contributed by atoms with Crippen molar-refractivity contribution in [2.45, 2.75) is 26.5 Å². The van der Waals surface area contributed by atoms with E-state index in [0.29, 0.717) is 5.17 Å². The Morgan fingerprint density at radius 1 is 1.20 bits per heavy atom. The predicted molar refractivity (Wildman–Crippen MR) is 122 cm³/mol. The molecule has 0 bridgehead atoms. The molecule has 1 aliphatic rings. The molecule has 0 atom stereocenters. The maximum absolute atomic E-state index is 13.3. The summed E-state index contributed by atoms with van der Waals surface area (Å²) >= 11 is 0. The number of urea groups is 1. The van der Waals surface area contributed by atoms with Crippen LogP contribution in [0.15, 0.2) is 42.6 Å². The number of alkyl halides is 2. The summed E-state index contributed by atoms with van der Waals surface area (Å²) < 4.78 is 37.0. The van der Waals surface area contributed by atoms with E-state index >= 15 is 0 Å². The number of carbonyl (C=O) groups is 1. The molecule has 1 aliphatic heterocycles. The minimum absolute atomic E-state index is 0.0108. The number of carbonyl (C=O) groups excluding carboxylic acids is 1. The minimum Gasteiger partial charge on any atom is -0.737 e.